The summed E-state index contributed by atoms with van der Waals surface area (Å²) >= 11 is 0. The van der Waals surface area contributed by atoms with E-state index >= 15 is 0 Å². The highest BCUT2D eigenvalue weighted by Gasteiger charge is 2.44. The molecule has 0 saturated heterocycles. The number of benzene rings is 4. The molecule has 6 aromatic rings. The Hall–Kier alpha value is -8.31. The lowest BCUT2D eigenvalue weighted by molar-refractivity contribution is -0.438. The lowest BCUT2D eigenvalue weighted by Gasteiger charge is -2.27. The number of hydrogen-bond donors (Lipinski definition) is 7. The minimum Gasteiger partial charge on any atom is -0.480 e. The van der Waals surface area contributed by atoms with E-state index in [1.54, 1.807) is 48.5 Å². The second-order valence-electron chi connectivity index (χ2n) is 23.0. The number of nitrogens with zero attached hydrogens (tertiary/aromatic N) is 5. The number of anilines is 3. The number of amides is 1. The Labute approximate surface area is 494 Å². The van der Waals surface area contributed by atoms with Crippen LogP contribution in [0.15, 0.2) is 143 Å². The number of aryl methyl sites for hydroxylation is 2. The van der Waals surface area contributed by atoms with Crippen LogP contribution in [0, 0.1) is 13.8 Å². The van der Waals surface area contributed by atoms with Crippen molar-refractivity contribution in [3.05, 3.63) is 187 Å². The highest BCUT2D eigenvalue weighted by molar-refractivity contribution is 7.86. The molecular weight excluding hydrogens is 1120 g/mol. The van der Waals surface area contributed by atoms with Gasteiger partial charge in [-0.05, 0) is 149 Å². The van der Waals surface area contributed by atoms with Crippen molar-refractivity contribution in [3.8, 4) is 5.75 Å². The number of nitrogens with one attached hydrogen (secondary N) is 3. The molecule has 22 heteroatoms. The van der Waals surface area contributed by atoms with Crippen molar-refractivity contribution in [3.63, 3.8) is 0 Å². The number of fused-ring (bicyclic) bond motifs is 3. The molecule has 1 aliphatic carbocycles. The normalized spacial score (nSPS) is 17.0. The summed E-state index contributed by atoms with van der Waals surface area (Å²) in [5.74, 6) is -1.36. The molecule has 9 rings (SSSR count). The zero-order chi connectivity index (χ0) is 61.0. The standard InChI is InChI=1S/C63H71N9O11S2/c1-39-14-26-51-48(34-39)62(3,4)53(71(51)30-7-9-32-84(77,78)79)28-20-42-12-11-13-43(21-29-54-63(5,6)49-35-40(2)15-27-52(49)72(54)31-8-10-33-85(80,81)82)56(42)83-47-24-16-41(17-25-47)36-50(60(75)76)68-58(73)44-18-22-45(23-19-44)65-37-46-38-66-57-55(67-46)59(74)70-61(64)69-57/h14-29,34-35,38,50H,7-13,30-33,36-37H2,1-6H3,(H7-,64,65,66,68,69,70,73,74,75,76,77,78,79,80,81,82)/p+1/t50-/m1/s1. The van der Waals surface area contributed by atoms with Gasteiger partial charge in [-0.15, -0.1) is 0 Å². The smallest absolute Gasteiger partial charge is 0.326 e. The fourth-order valence-electron chi connectivity index (χ4n) is 11.4. The van der Waals surface area contributed by atoms with E-state index in [0.29, 0.717) is 67.2 Å². The second-order valence-corrected chi connectivity index (χ2v) is 26.1. The zero-order valence-electron chi connectivity index (χ0n) is 48.5. The van der Waals surface area contributed by atoms with Crippen molar-refractivity contribution < 1.29 is 49.9 Å². The van der Waals surface area contributed by atoms with Crippen molar-refractivity contribution in [2.75, 3.05) is 40.5 Å². The largest absolute Gasteiger partial charge is 0.480 e. The van der Waals surface area contributed by atoms with Crippen LogP contribution in [0.25, 0.3) is 11.2 Å². The van der Waals surface area contributed by atoms with E-state index in [9.17, 15) is 45.4 Å². The van der Waals surface area contributed by atoms with Crippen molar-refractivity contribution in [1.29, 1.82) is 0 Å². The van der Waals surface area contributed by atoms with Crippen LogP contribution in [0.4, 0.5) is 23.0 Å². The van der Waals surface area contributed by atoms with Gasteiger partial charge in [0.15, 0.2) is 16.9 Å². The van der Waals surface area contributed by atoms with E-state index < -0.39 is 54.5 Å². The summed E-state index contributed by atoms with van der Waals surface area (Å²) in [6, 6.07) is 25.0. The van der Waals surface area contributed by atoms with Crippen LogP contribution >= 0.6 is 0 Å². The molecule has 0 unspecified atom stereocenters. The molecule has 0 saturated carbocycles. The van der Waals surface area contributed by atoms with Gasteiger partial charge < -0.3 is 31.1 Å². The second kappa shape index (κ2) is 25.1. The molecule has 8 N–H and O–H groups in total. The van der Waals surface area contributed by atoms with Crippen LogP contribution in [0.2, 0.25) is 0 Å². The molecule has 20 nitrogen and oxygen atoms in total. The molecule has 1 amide bonds. The summed E-state index contributed by atoms with van der Waals surface area (Å²) in [5.41, 5.74) is 16.9. The molecular formula is C63H72N9O11S2+. The average molecular weight is 1200 g/mol. The number of allylic oxidation sites excluding steroid dienone is 7. The number of nitrogens with two attached hydrogens (primary N) is 1. The molecule has 1 atom stereocenters. The maximum atomic E-state index is 13.5. The molecule has 85 heavy (non-hydrogen) atoms. The quantitative estimate of drug-likeness (QED) is 0.0178. The van der Waals surface area contributed by atoms with Crippen LogP contribution in [0.3, 0.4) is 0 Å². The maximum Gasteiger partial charge on any atom is 0.326 e. The Morgan fingerprint density at radius 3 is 2.21 bits per heavy atom. The van der Waals surface area contributed by atoms with E-state index in [1.165, 1.54) is 6.20 Å². The van der Waals surface area contributed by atoms with Crippen molar-refractivity contribution in [2.24, 2.45) is 0 Å². The van der Waals surface area contributed by atoms with Crippen LogP contribution in [-0.2, 0) is 48.8 Å². The number of nitrogen functional groups attached to an aromatic ring is 1. The van der Waals surface area contributed by atoms with Gasteiger partial charge >= 0.3 is 5.97 Å². The van der Waals surface area contributed by atoms with Gasteiger partial charge in [0, 0.05) is 65.1 Å². The predicted octanol–water partition coefficient (Wildman–Crippen LogP) is 9.34. The fraction of sp³-hybridized carbons (Fsp3) is 0.349. The van der Waals surface area contributed by atoms with Crippen LogP contribution < -0.4 is 31.6 Å². The lowest BCUT2D eigenvalue weighted by atomic mass is 9.80. The molecule has 446 valence electrons. The average Bonchev–Trinajstić information content (AvgIpc) is 1.66. The summed E-state index contributed by atoms with van der Waals surface area (Å²) in [6.45, 7) is 14.1. The Bertz CT molecular complexity index is 4040. The van der Waals surface area contributed by atoms with Gasteiger partial charge in [0.25, 0.3) is 31.7 Å². The monoisotopic (exact) mass is 1190 g/mol. The maximum absolute atomic E-state index is 13.5. The molecule has 0 bridgehead atoms. The van der Waals surface area contributed by atoms with Gasteiger partial charge in [0.1, 0.15) is 24.1 Å². The number of hydrogen-bond acceptors (Lipinski definition) is 14. The summed E-state index contributed by atoms with van der Waals surface area (Å²) in [6.07, 6.45) is 13.7. The van der Waals surface area contributed by atoms with Gasteiger partial charge in [-0.1, -0.05) is 61.4 Å². The fourth-order valence-corrected chi connectivity index (χ4v) is 12.5. The van der Waals surface area contributed by atoms with Gasteiger partial charge in [0.2, 0.25) is 11.6 Å². The third-order valence-corrected chi connectivity index (χ3v) is 17.4. The first-order chi connectivity index (χ1) is 40.2. The number of aromatic nitrogens is 4. The number of aromatic amines is 1. The topological polar surface area (TPSA) is 300 Å². The Morgan fingerprint density at radius 1 is 0.835 bits per heavy atom. The third kappa shape index (κ3) is 14.6. The zero-order valence-corrected chi connectivity index (χ0v) is 50.1. The first-order valence-electron chi connectivity index (χ1n) is 28.3. The summed E-state index contributed by atoms with van der Waals surface area (Å²) in [4.78, 5) is 55.6. The predicted molar refractivity (Wildman–Crippen MR) is 329 cm³/mol. The van der Waals surface area contributed by atoms with Gasteiger partial charge in [-0.2, -0.15) is 26.4 Å². The van der Waals surface area contributed by atoms with Crippen molar-refractivity contribution in [2.45, 2.75) is 116 Å². The number of unbranched alkanes of at least 4 members (excludes halogenated alkanes) is 2. The summed E-state index contributed by atoms with van der Waals surface area (Å²) < 4.78 is 75.0. The minimum atomic E-state index is -4.12. The summed E-state index contributed by atoms with van der Waals surface area (Å²) in [7, 11) is -8.24. The Kier molecular flexibility index (Phi) is 18.1. The number of rotatable bonds is 23. The number of H-pyrrole nitrogens is 1. The van der Waals surface area contributed by atoms with Crippen LogP contribution in [-0.4, -0.2) is 104 Å². The molecule has 0 fully saturated rings. The van der Waals surface area contributed by atoms with Crippen molar-refractivity contribution in [1.82, 2.24) is 25.3 Å². The number of carboxylic acid groups (broad SMARTS) is 1. The molecule has 0 spiro atoms. The number of carbonyl (C=O) groups is 2. The van der Waals surface area contributed by atoms with Crippen LogP contribution in [0.5, 0.6) is 5.75 Å². The molecule has 3 aliphatic rings. The van der Waals surface area contributed by atoms with Gasteiger partial charge in [0.05, 0.1) is 35.4 Å². The Morgan fingerprint density at radius 2 is 1.52 bits per heavy atom. The molecule has 2 aliphatic heterocycles. The van der Waals surface area contributed by atoms with E-state index in [0.717, 1.165) is 62.6 Å². The minimum absolute atomic E-state index is 0.0270. The SMILES string of the molecule is Cc1ccc2c(c1)C(C)(C)C(=CC=C1CCCC(C=CC3=[N+](CCCCS(=O)(=O)O)c4ccc(C)cc4C3(C)C)=C1Oc1ccc(C[C@@H](NC(=O)c3ccc(NCc4cnc5nc(N)[nH]c(=O)c5n4)cc3)C(=O)O)cc1)N2CCCCS(=O)(=O)O. The van der Waals surface area contributed by atoms with Gasteiger partial charge in [-0.3, -0.25) is 23.7 Å². The first kappa shape index (κ1) is 61.3. The van der Waals surface area contributed by atoms with E-state index in [-0.39, 0.29) is 60.0 Å². The Balaban J connectivity index is 0.987. The molecule has 4 aromatic carbocycles. The molecule has 0 radical (unpaired) electrons. The number of carbonyl (C=O) groups excluding carboxylic acids is 1. The van der Waals surface area contributed by atoms with Crippen molar-refractivity contribution >= 4 is 72.0 Å². The molecule has 2 aromatic heterocycles. The number of ether oxygens (including phenoxy) is 1. The van der Waals surface area contributed by atoms with E-state index in [1.807, 2.05) is 0 Å². The number of aliphatic carboxylic acids is 1. The lowest BCUT2D eigenvalue weighted by Crippen LogP contribution is -2.42. The van der Waals surface area contributed by atoms with Crippen LogP contribution in [0.1, 0.15) is 117 Å². The van der Waals surface area contributed by atoms with Gasteiger partial charge in [-0.25, -0.2) is 14.8 Å². The van der Waals surface area contributed by atoms with E-state index in [2.05, 4.69) is 142 Å². The third-order valence-electron chi connectivity index (χ3n) is 15.8. The highest BCUT2D eigenvalue weighted by Crippen LogP contribution is 2.49. The summed E-state index contributed by atoms with van der Waals surface area (Å²) in [5, 5.41) is 16.2. The molecule has 4 heterocycles. The highest BCUT2D eigenvalue weighted by atomic mass is 32.2. The first-order valence-corrected chi connectivity index (χ1v) is 31.5. The van der Waals surface area contributed by atoms with E-state index in [4.69, 9.17) is 10.5 Å². The number of carboxylic acids is 1.